The summed E-state index contributed by atoms with van der Waals surface area (Å²) < 4.78 is 1.10. The first kappa shape index (κ1) is 9.22. The molecule has 2 aromatic carbocycles. The molecule has 0 N–H and O–H groups in total. The van der Waals surface area contributed by atoms with Crippen molar-refractivity contribution in [3.8, 4) is 0 Å². The summed E-state index contributed by atoms with van der Waals surface area (Å²) in [5.41, 5.74) is 0.182. The summed E-state index contributed by atoms with van der Waals surface area (Å²) in [6.45, 7) is 0. The normalized spacial score (nSPS) is 10.4. The van der Waals surface area contributed by atoms with Crippen LogP contribution in [0.3, 0.4) is 0 Å². The number of rotatable bonds is 1. The molecule has 4 heteroatoms. The van der Waals surface area contributed by atoms with Crippen molar-refractivity contribution in [1.29, 1.82) is 0 Å². The molecule has 2 rings (SSSR count). The van der Waals surface area contributed by atoms with Gasteiger partial charge in [0.25, 0.3) is 0 Å². The predicted octanol–water partition coefficient (Wildman–Crippen LogP) is 1.01. The molecule has 0 amide bonds. The molecule has 2 aromatic rings. The Morgan fingerprint density at radius 1 is 1.21 bits per heavy atom. The molecule has 0 bridgehead atoms. The fraction of sp³-hybridized carbons (Fsp3) is 0. The number of benzene rings is 2. The van der Waals surface area contributed by atoms with Gasteiger partial charge in [0.15, 0.2) is 0 Å². The fourth-order valence-corrected chi connectivity index (χ4v) is 1.98. The third kappa shape index (κ3) is 1.51. The molecular weight excluding hydrogens is 241 g/mol. The second-order valence-corrected chi connectivity index (χ2v) is 4.41. The Morgan fingerprint density at radius 3 is 2.71 bits per heavy atom. The SMILES string of the molecule is O=[N+]([O-])c1cccc2ccc([AsH2])cc12. The number of nitro benzene ring substituents is 1. The van der Waals surface area contributed by atoms with Crippen LogP contribution in [0.25, 0.3) is 10.8 Å². The van der Waals surface area contributed by atoms with Crippen molar-refractivity contribution < 1.29 is 4.92 Å². The van der Waals surface area contributed by atoms with Crippen LogP contribution in [0.15, 0.2) is 36.4 Å². The summed E-state index contributed by atoms with van der Waals surface area (Å²) in [5, 5.41) is 12.4. The van der Waals surface area contributed by atoms with Gasteiger partial charge in [0.2, 0.25) is 0 Å². The second-order valence-electron chi connectivity index (χ2n) is 3.01. The first-order valence-corrected chi connectivity index (χ1v) is 5.32. The van der Waals surface area contributed by atoms with Gasteiger partial charge in [-0.25, -0.2) is 0 Å². The molecular formula is C10H8AsNO2. The van der Waals surface area contributed by atoms with Crippen LogP contribution in [-0.2, 0) is 0 Å². The van der Waals surface area contributed by atoms with Gasteiger partial charge in [-0.15, -0.1) is 0 Å². The van der Waals surface area contributed by atoms with Gasteiger partial charge >= 0.3 is 89.1 Å². The molecule has 0 radical (unpaired) electrons. The van der Waals surface area contributed by atoms with Crippen molar-refractivity contribution in [3.05, 3.63) is 46.5 Å². The zero-order valence-corrected chi connectivity index (χ0v) is 9.73. The average Bonchev–Trinajstić information content (AvgIpc) is 2.16. The molecule has 1 atom stereocenters. The molecule has 3 nitrogen and oxygen atoms in total. The number of hydrogen-bond acceptors (Lipinski definition) is 2. The van der Waals surface area contributed by atoms with E-state index in [0.717, 1.165) is 15.1 Å². The van der Waals surface area contributed by atoms with Crippen LogP contribution in [0.4, 0.5) is 5.69 Å². The van der Waals surface area contributed by atoms with E-state index in [2.05, 4.69) is 0 Å². The molecule has 0 spiro atoms. The van der Waals surface area contributed by atoms with Crippen LogP contribution in [0.2, 0.25) is 0 Å². The van der Waals surface area contributed by atoms with Crippen LogP contribution in [0.1, 0.15) is 0 Å². The Kier molecular flexibility index (Phi) is 2.26. The average molecular weight is 249 g/mol. The van der Waals surface area contributed by atoms with Crippen LogP contribution < -0.4 is 4.35 Å². The van der Waals surface area contributed by atoms with Gasteiger partial charge in [-0.1, -0.05) is 0 Å². The summed E-state index contributed by atoms with van der Waals surface area (Å²) in [7, 11) is 0. The summed E-state index contributed by atoms with van der Waals surface area (Å²) in [6.07, 6.45) is 0. The van der Waals surface area contributed by atoms with E-state index in [1.54, 1.807) is 6.07 Å². The maximum atomic E-state index is 10.7. The van der Waals surface area contributed by atoms with Crippen LogP contribution in [0.5, 0.6) is 0 Å². The molecule has 0 saturated carbocycles. The Labute approximate surface area is 89.4 Å². The minimum atomic E-state index is -0.339. The van der Waals surface area contributed by atoms with Gasteiger partial charge in [0.1, 0.15) is 0 Å². The minimum absolute atomic E-state index is 0.182. The summed E-state index contributed by atoms with van der Waals surface area (Å²) in [6, 6.07) is 10.9. The van der Waals surface area contributed by atoms with Gasteiger partial charge in [-0.3, -0.25) is 0 Å². The van der Waals surface area contributed by atoms with E-state index in [1.165, 1.54) is 22.9 Å². The molecule has 0 saturated heterocycles. The molecule has 0 aliphatic rings. The third-order valence-corrected chi connectivity index (χ3v) is 2.83. The van der Waals surface area contributed by atoms with E-state index in [1.807, 2.05) is 24.3 Å². The second kappa shape index (κ2) is 3.43. The topological polar surface area (TPSA) is 43.1 Å². The first-order valence-electron chi connectivity index (χ1n) is 4.11. The van der Waals surface area contributed by atoms with Gasteiger partial charge < -0.3 is 0 Å². The zero-order chi connectivity index (χ0) is 10.1. The van der Waals surface area contributed by atoms with Gasteiger partial charge in [-0.05, 0) is 0 Å². The number of fused-ring (bicyclic) bond motifs is 1. The van der Waals surface area contributed by atoms with Crippen LogP contribution >= 0.6 is 0 Å². The van der Waals surface area contributed by atoms with Crippen LogP contribution in [0, 0.1) is 10.1 Å². The molecule has 0 aliphatic heterocycles. The molecule has 0 aromatic heterocycles. The van der Waals surface area contributed by atoms with Crippen molar-refractivity contribution in [2.45, 2.75) is 0 Å². The van der Waals surface area contributed by atoms with E-state index in [4.69, 9.17) is 0 Å². The standard InChI is InChI=1S/C10H8AsNO2/c11-8-5-4-7-2-1-3-10(12(13)14)9(7)6-8/h1-6H,11H2. The first-order chi connectivity index (χ1) is 6.68. The van der Waals surface area contributed by atoms with Gasteiger partial charge in [0, 0.05) is 0 Å². The van der Waals surface area contributed by atoms with Crippen molar-refractivity contribution in [2.24, 2.45) is 0 Å². The number of hydrogen-bond donors (Lipinski definition) is 0. The summed E-state index contributed by atoms with van der Waals surface area (Å²) >= 11 is 1.47. The number of nitrogens with zero attached hydrogens (tertiary/aromatic N) is 1. The van der Waals surface area contributed by atoms with Crippen molar-refractivity contribution in [3.63, 3.8) is 0 Å². The summed E-state index contributed by atoms with van der Waals surface area (Å²) in [4.78, 5) is 10.4. The Morgan fingerprint density at radius 2 is 2.00 bits per heavy atom. The predicted molar refractivity (Wildman–Crippen MR) is 58.8 cm³/mol. The number of nitro groups is 1. The van der Waals surface area contributed by atoms with E-state index in [0.29, 0.717) is 0 Å². The van der Waals surface area contributed by atoms with Crippen molar-refractivity contribution in [2.75, 3.05) is 0 Å². The zero-order valence-electron chi connectivity index (χ0n) is 7.31. The van der Waals surface area contributed by atoms with E-state index >= 15 is 0 Å². The quantitative estimate of drug-likeness (QED) is 0.430. The van der Waals surface area contributed by atoms with Gasteiger partial charge in [-0.2, -0.15) is 0 Å². The summed E-state index contributed by atoms with van der Waals surface area (Å²) in [5.74, 6) is 0. The molecule has 0 aliphatic carbocycles. The fourth-order valence-electron chi connectivity index (χ4n) is 1.43. The third-order valence-electron chi connectivity index (χ3n) is 2.08. The molecule has 14 heavy (non-hydrogen) atoms. The Balaban J connectivity index is 2.84. The van der Waals surface area contributed by atoms with E-state index < -0.39 is 0 Å². The monoisotopic (exact) mass is 249 g/mol. The molecule has 0 heterocycles. The van der Waals surface area contributed by atoms with E-state index in [9.17, 15) is 10.1 Å². The maximum absolute atomic E-state index is 10.7. The van der Waals surface area contributed by atoms with Crippen LogP contribution in [-0.4, -0.2) is 21.8 Å². The Hall–Kier alpha value is -1.34. The molecule has 0 fully saturated rings. The van der Waals surface area contributed by atoms with Crippen molar-refractivity contribution >= 4 is 37.7 Å². The molecule has 70 valence electrons. The molecule has 1 unspecified atom stereocenters. The number of non-ortho nitro benzene ring substituents is 1. The van der Waals surface area contributed by atoms with E-state index in [-0.39, 0.29) is 10.6 Å². The van der Waals surface area contributed by atoms with Gasteiger partial charge in [0.05, 0.1) is 0 Å². The Bertz CT molecular complexity index is 510. The van der Waals surface area contributed by atoms with Crippen molar-refractivity contribution in [1.82, 2.24) is 0 Å².